The maximum Gasteiger partial charge on any atom is 0.344 e. The zero-order valence-corrected chi connectivity index (χ0v) is 17.1. The molecule has 1 aliphatic rings. The van der Waals surface area contributed by atoms with Crippen LogP contribution in [0, 0.1) is 12.7 Å². The van der Waals surface area contributed by atoms with Crippen LogP contribution in [0.25, 0.3) is 0 Å². The summed E-state index contributed by atoms with van der Waals surface area (Å²) in [5.41, 5.74) is 1.16. The van der Waals surface area contributed by atoms with E-state index in [4.69, 9.17) is 4.74 Å². The summed E-state index contributed by atoms with van der Waals surface area (Å²) in [5, 5.41) is 0. The minimum absolute atomic E-state index is 0.0624. The van der Waals surface area contributed by atoms with Crippen LogP contribution < -0.4 is 9.64 Å². The number of amides is 2. The number of aromatic nitrogens is 1. The van der Waals surface area contributed by atoms with Gasteiger partial charge in [0, 0.05) is 6.20 Å². The van der Waals surface area contributed by atoms with Crippen LogP contribution in [0.1, 0.15) is 11.1 Å². The van der Waals surface area contributed by atoms with Gasteiger partial charge in [-0.15, -0.1) is 0 Å². The number of anilines is 2. The number of urea groups is 1. The predicted molar refractivity (Wildman–Crippen MR) is 109 cm³/mol. The van der Waals surface area contributed by atoms with Crippen molar-refractivity contribution in [1.29, 1.82) is 0 Å². The van der Waals surface area contributed by atoms with E-state index in [-0.39, 0.29) is 22.9 Å². The van der Waals surface area contributed by atoms with Gasteiger partial charge in [0.2, 0.25) is 0 Å². The van der Waals surface area contributed by atoms with E-state index in [2.05, 4.69) is 4.98 Å². The first-order valence-corrected chi connectivity index (χ1v) is 10.5. The number of aryl methyl sites for hydroxylation is 1. The number of sulfonamides is 1. The Morgan fingerprint density at radius 1 is 1.10 bits per heavy atom. The minimum atomic E-state index is -4.16. The summed E-state index contributed by atoms with van der Waals surface area (Å²) in [5.74, 6) is -0.0351. The van der Waals surface area contributed by atoms with Crippen LogP contribution in [0.3, 0.4) is 0 Å². The molecule has 1 aromatic heterocycles. The molecule has 0 saturated carbocycles. The van der Waals surface area contributed by atoms with Gasteiger partial charge in [0.25, 0.3) is 10.0 Å². The molecular formula is C21H18FN3O4S. The van der Waals surface area contributed by atoms with Crippen molar-refractivity contribution >= 4 is 27.6 Å². The van der Waals surface area contributed by atoms with Gasteiger partial charge in [-0.25, -0.2) is 31.8 Å². The molecule has 0 N–H and O–H groups in total. The zero-order chi connectivity index (χ0) is 21.5. The summed E-state index contributed by atoms with van der Waals surface area (Å²) in [6.07, 6.45) is 1.39. The SMILES string of the molecule is COc1cccc(CN2C(=O)N(c3ccc(C)c(F)c3)c3ncccc3S2(=O)=O)c1. The summed E-state index contributed by atoms with van der Waals surface area (Å²) in [4.78, 5) is 18.4. The highest BCUT2D eigenvalue weighted by Crippen LogP contribution is 2.38. The fourth-order valence-electron chi connectivity index (χ4n) is 3.22. The Morgan fingerprint density at radius 3 is 2.63 bits per heavy atom. The maximum absolute atomic E-state index is 14.2. The molecule has 154 valence electrons. The summed E-state index contributed by atoms with van der Waals surface area (Å²) in [6, 6.07) is 13.0. The van der Waals surface area contributed by atoms with E-state index >= 15 is 0 Å². The Labute approximate surface area is 173 Å². The number of benzene rings is 2. The molecule has 0 unspecified atom stereocenters. The Balaban J connectivity index is 1.85. The lowest BCUT2D eigenvalue weighted by Crippen LogP contribution is -2.48. The van der Waals surface area contributed by atoms with Crippen molar-refractivity contribution in [1.82, 2.24) is 9.29 Å². The number of methoxy groups -OCH3 is 1. The van der Waals surface area contributed by atoms with Gasteiger partial charge in [-0.2, -0.15) is 0 Å². The number of fused-ring (bicyclic) bond motifs is 1. The van der Waals surface area contributed by atoms with Crippen molar-refractivity contribution in [2.75, 3.05) is 12.0 Å². The zero-order valence-electron chi connectivity index (χ0n) is 16.2. The van der Waals surface area contributed by atoms with Gasteiger partial charge in [0.05, 0.1) is 19.3 Å². The topological polar surface area (TPSA) is 79.8 Å². The highest BCUT2D eigenvalue weighted by atomic mass is 32.2. The number of hydrogen-bond acceptors (Lipinski definition) is 5. The lowest BCUT2D eigenvalue weighted by atomic mass is 10.2. The number of pyridine rings is 1. The first-order valence-electron chi connectivity index (χ1n) is 9.04. The Hall–Kier alpha value is -3.46. The van der Waals surface area contributed by atoms with Gasteiger partial charge in [-0.3, -0.25) is 0 Å². The highest BCUT2D eigenvalue weighted by Gasteiger charge is 2.43. The van der Waals surface area contributed by atoms with E-state index in [0.717, 1.165) is 9.21 Å². The van der Waals surface area contributed by atoms with Gasteiger partial charge in [0.1, 0.15) is 16.5 Å². The number of carbonyl (C=O) groups excluding carboxylic acids is 1. The van der Waals surface area contributed by atoms with Crippen molar-refractivity contribution < 1.29 is 22.3 Å². The quantitative estimate of drug-likeness (QED) is 0.629. The van der Waals surface area contributed by atoms with Gasteiger partial charge >= 0.3 is 6.03 Å². The van der Waals surface area contributed by atoms with Crippen molar-refractivity contribution in [2.24, 2.45) is 0 Å². The van der Waals surface area contributed by atoms with E-state index < -0.39 is 21.9 Å². The van der Waals surface area contributed by atoms with Gasteiger partial charge in [-0.1, -0.05) is 18.2 Å². The third kappa shape index (κ3) is 3.26. The molecule has 1 aliphatic heterocycles. The Kier molecular flexibility index (Phi) is 4.90. The summed E-state index contributed by atoms with van der Waals surface area (Å²) >= 11 is 0. The van der Waals surface area contributed by atoms with Crippen molar-refractivity contribution in [3.8, 4) is 5.75 Å². The molecule has 7 nitrogen and oxygen atoms in total. The molecule has 2 heterocycles. The molecule has 0 radical (unpaired) electrons. The van der Waals surface area contributed by atoms with Gasteiger partial charge in [0.15, 0.2) is 5.82 Å². The van der Waals surface area contributed by atoms with Gasteiger partial charge in [-0.05, 0) is 54.4 Å². The second-order valence-electron chi connectivity index (χ2n) is 6.74. The Bertz CT molecular complexity index is 1250. The first kappa shape index (κ1) is 19.8. The number of rotatable bonds is 4. The van der Waals surface area contributed by atoms with E-state index in [0.29, 0.717) is 16.9 Å². The van der Waals surface area contributed by atoms with Crippen molar-refractivity contribution in [3.05, 3.63) is 77.7 Å². The normalized spacial score (nSPS) is 15.1. The summed E-state index contributed by atoms with van der Waals surface area (Å²) in [7, 11) is -2.67. The first-order chi connectivity index (χ1) is 14.3. The smallest absolute Gasteiger partial charge is 0.344 e. The molecule has 9 heteroatoms. The molecule has 0 atom stereocenters. The molecule has 0 aliphatic carbocycles. The second kappa shape index (κ2) is 7.42. The molecule has 2 amide bonds. The van der Waals surface area contributed by atoms with Crippen LogP contribution in [-0.4, -0.2) is 30.8 Å². The molecule has 30 heavy (non-hydrogen) atoms. The lowest BCUT2D eigenvalue weighted by molar-refractivity contribution is 0.229. The third-order valence-corrected chi connectivity index (χ3v) is 6.55. The molecular weight excluding hydrogens is 409 g/mol. The summed E-state index contributed by atoms with van der Waals surface area (Å²) < 4.78 is 46.6. The fraction of sp³-hybridized carbons (Fsp3) is 0.143. The average Bonchev–Trinajstić information content (AvgIpc) is 2.74. The molecule has 2 aromatic carbocycles. The van der Waals surface area contributed by atoms with Crippen molar-refractivity contribution in [2.45, 2.75) is 18.4 Å². The molecule has 0 bridgehead atoms. The molecule has 0 fully saturated rings. The van der Waals surface area contributed by atoms with Crippen LogP contribution in [0.2, 0.25) is 0 Å². The predicted octanol–water partition coefficient (Wildman–Crippen LogP) is 4.00. The second-order valence-corrected chi connectivity index (χ2v) is 8.57. The molecule has 4 rings (SSSR count). The highest BCUT2D eigenvalue weighted by molar-refractivity contribution is 7.90. The summed E-state index contributed by atoms with van der Waals surface area (Å²) in [6.45, 7) is 1.39. The van der Waals surface area contributed by atoms with E-state index in [9.17, 15) is 17.6 Å². The van der Waals surface area contributed by atoms with Gasteiger partial charge < -0.3 is 4.74 Å². The van der Waals surface area contributed by atoms with E-state index in [1.54, 1.807) is 37.3 Å². The fourth-order valence-corrected chi connectivity index (χ4v) is 4.69. The lowest BCUT2D eigenvalue weighted by Gasteiger charge is -2.35. The van der Waals surface area contributed by atoms with Crippen molar-refractivity contribution in [3.63, 3.8) is 0 Å². The molecule has 0 saturated heterocycles. The molecule has 0 spiro atoms. The van der Waals surface area contributed by atoms with Crippen LogP contribution in [0.5, 0.6) is 5.75 Å². The minimum Gasteiger partial charge on any atom is -0.497 e. The third-order valence-electron chi connectivity index (χ3n) is 4.81. The van der Waals surface area contributed by atoms with Crippen LogP contribution in [0.15, 0.2) is 65.7 Å². The van der Waals surface area contributed by atoms with Crippen LogP contribution >= 0.6 is 0 Å². The average molecular weight is 427 g/mol. The van der Waals surface area contributed by atoms with E-state index in [1.165, 1.54) is 37.6 Å². The number of carbonyl (C=O) groups is 1. The number of nitrogens with zero attached hydrogens (tertiary/aromatic N) is 3. The van der Waals surface area contributed by atoms with Crippen LogP contribution in [0.4, 0.5) is 20.7 Å². The standard InChI is InChI=1S/C21H18FN3O4S/c1-14-8-9-16(12-18(14)22)25-20-19(7-4-10-23-20)30(27,28)24(21(25)26)13-15-5-3-6-17(11-15)29-2/h3-12H,13H2,1-2H3. The Morgan fingerprint density at radius 2 is 1.90 bits per heavy atom. The maximum atomic E-state index is 14.2. The number of halogens is 1. The molecule has 3 aromatic rings. The van der Waals surface area contributed by atoms with Crippen LogP contribution in [-0.2, 0) is 16.6 Å². The largest absolute Gasteiger partial charge is 0.497 e. The number of ether oxygens (including phenoxy) is 1. The van der Waals surface area contributed by atoms with E-state index in [1.807, 2.05) is 0 Å². The monoisotopic (exact) mass is 427 g/mol. The number of hydrogen-bond donors (Lipinski definition) is 0.